The van der Waals surface area contributed by atoms with Crippen LogP contribution in [0.4, 0.5) is 4.79 Å². The van der Waals surface area contributed by atoms with Crippen molar-refractivity contribution in [3.63, 3.8) is 0 Å². The first-order valence-corrected chi connectivity index (χ1v) is 4.72. The molecular weight excluding hydrogens is 243 g/mol. The molecule has 0 heterocycles. The second-order valence-corrected chi connectivity index (χ2v) is 3.25. The van der Waals surface area contributed by atoms with E-state index in [9.17, 15) is 4.79 Å². The number of carbonyl (C=O) groups is 1. The van der Waals surface area contributed by atoms with E-state index in [0.717, 1.165) is 17.4 Å². The highest BCUT2D eigenvalue weighted by molar-refractivity contribution is 14.1. The van der Waals surface area contributed by atoms with E-state index < -0.39 is 0 Å². The molecule has 0 aromatic rings. The topological polar surface area (TPSA) is 32.3 Å². The smallest absolute Gasteiger partial charge is 0.316 e. The monoisotopic (exact) mass is 256 g/mol. The Bertz CT molecular complexity index is 106. The lowest BCUT2D eigenvalue weighted by atomic mass is 10.5. The second kappa shape index (κ2) is 5.76. The van der Waals surface area contributed by atoms with Gasteiger partial charge < -0.3 is 10.2 Å². The van der Waals surface area contributed by atoms with Crippen molar-refractivity contribution in [3.8, 4) is 0 Å². The first kappa shape index (κ1) is 10.0. The molecule has 0 aliphatic rings. The molecule has 0 unspecified atom stereocenters. The third-order valence-electron chi connectivity index (χ3n) is 0.993. The molecule has 0 radical (unpaired) electrons. The van der Waals surface area contributed by atoms with Gasteiger partial charge in [-0.1, -0.05) is 22.6 Å². The Morgan fingerprint density at radius 3 is 2.60 bits per heavy atom. The molecule has 0 saturated carbocycles. The Morgan fingerprint density at radius 2 is 2.20 bits per heavy atom. The van der Waals surface area contributed by atoms with Crippen LogP contribution < -0.4 is 5.32 Å². The molecule has 60 valence electrons. The molecule has 0 aromatic carbocycles. The highest BCUT2D eigenvalue weighted by atomic mass is 127. The van der Waals surface area contributed by atoms with Crippen molar-refractivity contribution in [3.05, 3.63) is 0 Å². The van der Waals surface area contributed by atoms with E-state index in [1.807, 2.05) is 0 Å². The van der Waals surface area contributed by atoms with Crippen LogP contribution in [-0.4, -0.2) is 36.0 Å². The van der Waals surface area contributed by atoms with Crippen LogP contribution >= 0.6 is 22.6 Å². The third-order valence-corrected chi connectivity index (χ3v) is 1.76. The zero-order chi connectivity index (χ0) is 7.98. The minimum atomic E-state index is -0.00940. The van der Waals surface area contributed by atoms with Crippen LogP contribution in [0.25, 0.3) is 0 Å². The lowest BCUT2D eigenvalue weighted by molar-refractivity contribution is 0.217. The summed E-state index contributed by atoms with van der Waals surface area (Å²) in [6, 6.07) is -0.00940. The van der Waals surface area contributed by atoms with Gasteiger partial charge >= 0.3 is 6.03 Å². The number of nitrogens with zero attached hydrogens (tertiary/aromatic N) is 1. The fourth-order valence-electron chi connectivity index (χ4n) is 0.420. The molecule has 3 nitrogen and oxygen atoms in total. The van der Waals surface area contributed by atoms with Gasteiger partial charge in [0.2, 0.25) is 0 Å². The zero-order valence-corrected chi connectivity index (χ0v) is 8.51. The number of halogens is 1. The van der Waals surface area contributed by atoms with E-state index in [1.165, 1.54) is 4.90 Å². The lowest BCUT2D eigenvalue weighted by Gasteiger charge is -2.10. The molecule has 2 amide bonds. The molecule has 0 rings (SSSR count). The van der Waals surface area contributed by atoms with Crippen molar-refractivity contribution in [2.45, 2.75) is 6.42 Å². The Kier molecular flexibility index (Phi) is 5.76. The van der Waals surface area contributed by atoms with Gasteiger partial charge in [-0.3, -0.25) is 0 Å². The largest absolute Gasteiger partial charge is 0.338 e. The molecule has 0 aromatic heterocycles. The summed E-state index contributed by atoms with van der Waals surface area (Å²) in [4.78, 5) is 12.4. The number of urea groups is 1. The maximum Gasteiger partial charge on any atom is 0.316 e. The molecule has 0 fully saturated rings. The molecule has 0 aliphatic carbocycles. The highest BCUT2D eigenvalue weighted by Gasteiger charge is 1.99. The van der Waals surface area contributed by atoms with Gasteiger partial charge in [-0.05, 0) is 6.42 Å². The van der Waals surface area contributed by atoms with E-state index in [4.69, 9.17) is 0 Å². The minimum absolute atomic E-state index is 0.00940. The first-order chi connectivity index (χ1) is 4.68. The van der Waals surface area contributed by atoms with E-state index in [-0.39, 0.29) is 6.03 Å². The number of rotatable bonds is 3. The van der Waals surface area contributed by atoms with Gasteiger partial charge in [0.05, 0.1) is 0 Å². The standard InChI is InChI=1S/C6H13IN2O/c1-9(2)6(10)8-5-3-4-7/h3-5H2,1-2H3,(H,8,10). The molecule has 0 bridgehead atoms. The molecule has 0 aliphatic heterocycles. The average Bonchev–Trinajstić information content (AvgIpc) is 1.88. The fourth-order valence-corrected chi connectivity index (χ4v) is 0.802. The number of hydrogen-bond donors (Lipinski definition) is 1. The highest BCUT2D eigenvalue weighted by Crippen LogP contribution is 1.86. The summed E-state index contributed by atoms with van der Waals surface area (Å²) < 4.78 is 1.09. The van der Waals surface area contributed by atoms with E-state index in [1.54, 1.807) is 14.1 Å². The molecule has 0 atom stereocenters. The Balaban J connectivity index is 3.22. The van der Waals surface area contributed by atoms with Gasteiger partial charge in [-0.15, -0.1) is 0 Å². The normalized spacial score (nSPS) is 9.10. The minimum Gasteiger partial charge on any atom is -0.338 e. The molecule has 0 saturated heterocycles. The lowest BCUT2D eigenvalue weighted by Crippen LogP contribution is -2.35. The van der Waals surface area contributed by atoms with Gasteiger partial charge in [0.15, 0.2) is 0 Å². The van der Waals surface area contributed by atoms with Crippen LogP contribution in [0, 0.1) is 0 Å². The number of alkyl halides is 1. The molecule has 4 heteroatoms. The van der Waals surface area contributed by atoms with Gasteiger partial charge in [0.25, 0.3) is 0 Å². The number of nitrogens with one attached hydrogen (secondary N) is 1. The molecule has 0 spiro atoms. The Hall–Kier alpha value is 0. The van der Waals surface area contributed by atoms with Crippen LogP contribution in [-0.2, 0) is 0 Å². The summed E-state index contributed by atoms with van der Waals surface area (Å²) in [5.41, 5.74) is 0. The van der Waals surface area contributed by atoms with E-state index >= 15 is 0 Å². The predicted octanol–water partition coefficient (Wildman–Crippen LogP) is 1.08. The average molecular weight is 256 g/mol. The zero-order valence-electron chi connectivity index (χ0n) is 6.35. The summed E-state index contributed by atoms with van der Waals surface area (Å²) in [5.74, 6) is 0. The predicted molar refractivity (Wildman–Crippen MR) is 50.6 cm³/mol. The van der Waals surface area contributed by atoms with Gasteiger partial charge in [-0.2, -0.15) is 0 Å². The maximum absolute atomic E-state index is 10.8. The van der Waals surface area contributed by atoms with Crippen LogP contribution in [0.3, 0.4) is 0 Å². The Labute approximate surface area is 75.3 Å². The number of amides is 2. The molecule has 10 heavy (non-hydrogen) atoms. The second-order valence-electron chi connectivity index (χ2n) is 2.17. The van der Waals surface area contributed by atoms with Crippen molar-refractivity contribution in [2.24, 2.45) is 0 Å². The van der Waals surface area contributed by atoms with Crippen molar-refractivity contribution in [2.75, 3.05) is 25.1 Å². The maximum atomic E-state index is 10.8. The Morgan fingerprint density at radius 1 is 1.60 bits per heavy atom. The van der Waals surface area contributed by atoms with E-state index in [2.05, 4.69) is 27.9 Å². The van der Waals surface area contributed by atoms with Crippen molar-refractivity contribution >= 4 is 28.6 Å². The number of carbonyl (C=O) groups excluding carboxylic acids is 1. The van der Waals surface area contributed by atoms with E-state index in [0.29, 0.717) is 0 Å². The summed E-state index contributed by atoms with van der Waals surface area (Å²) in [6.07, 6.45) is 1.04. The summed E-state index contributed by atoms with van der Waals surface area (Å²) in [5, 5.41) is 2.77. The van der Waals surface area contributed by atoms with Crippen LogP contribution in [0.5, 0.6) is 0 Å². The van der Waals surface area contributed by atoms with Gasteiger partial charge in [-0.25, -0.2) is 4.79 Å². The van der Waals surface area contributed by atoms with Crippen LogP contribution in [0.15, 0.2) is 0 Å². The summed E-state index contributed by atoms with van der Waals surface area (Å²) in [6.45, 7) is 0.778. The summed E-state index contributed by atoms with van der Waals surface area (Å²) >= 11 is 2.29. The van der Waals surface area contributed by atoms with Crippen molar-refractivity contribution < 1.29 is 4.79 Å². The fraction of sp³-hybridized carbons (Fsp3) is 0.833. The quantitative estimate of drug-likeness (QED) is 0.457. The van der Waals surface area contributed by atoms with Gasteiger partial charge in [0.1, 0.15) is 0 Å². The summed E-state index contributed by atoms with van der Waals surface area (Å²) in [7, 11) is 3.47. The molecular formula is C6H13IN2O. The van der Waals surface area contributed by atoms with Gasteiger partial charge in [0, 0.05) is 25.1 Å². The SMILES string of the molecule is CN(C)C(=O)NCCCI. The van der Waals surface area contributed by atoms with Crippen molar-refractivity contribution in [1.29, 1.82) is 0 Å². The third kappa shape index (κ3) is 4.84. The number of hydrogen-bond acceptors (Lipinski definition) is 1. The van der Waals surface area contributed by atoms with Crippen LogP contribution in [0.1, 0.15) is 6.42 Å². The first-order valence-electron chi connectivity index (χ1n) is 3.19. The molecule has 1 N–H and O–H groups in total. The van der Waals surface area contributed by atoms with Crippen molar-refractivity contribution in [1.82, 2.24) is 10.2 Å². The van der Waals surface area contributed by atoms with Crippen LogP contribution in [0.2, 0.25) is 0 Å².